The maximum atomic E-state index is 9.14. The molecule has 0 amide bonds. The van der Waals surface area contributed by atoms with E-state index in [1.165, 1.54) is 0 Å². The molecule has 90 valence electrons. The number of nitriles is 1. The molecule has 2 N–H and O–H groups in total. The Morgan fingerprint density at radius 1 is 1.59 bits per heavy atom. The van der Waals surface area contributed by atoms with Crippen LogP contribution in [0, 0.1) is 11.3 Å². The zero-order valence-corrected chi connectivity index (χ0v) is 10.7. The Morgan fingerprint density at radius 3 is 3.00 bits per heavy atom. The highest BCUT2D eigenvalue weighted by Crippen LogP contribution is 2.34. The van der Waals surface area contributed by atoms with Gasteiger partial charge in [0.15, 0.2) is 0 Å². The number of nitrogens with two attached hydrogens (primary N) is 1. The number of thioether (sulfide) groups is 1. The Balaban J connectivity index is 2.18. The van der Waals surface area contributed by atoms with Crippen LogP contribution in [0.4, 0.5) is 0 Å². The van der Waals surface area contributed by atoms with Gasteiger partial charge in [0, 0.05) is 23.3 Å². The van der Waals surface area contributed by atoms with Crippen LogP contribution < -0.4 is 5.73 Å². The van der Waals surface area contributed by atoms with E-state index in [0.29, 0.717) is 11.8 Å². The van der Waals surface area contributed by atoms with E-state index >= 15 is 0 Å². The lowest BCUT2D eigenvalue weighted by Crippen LogP contribution is -2.13. The summed E-state index contributed by atoms with van der Waals surface area (Å²) < 4.78 is 5.53. The Kier molecular flexibility index (Phi) is 4.06. The third-order valence-corrected chi connectivity index (χ3v) is 4.52. The zero-order valence-electron chi connectivity index (χ0n) is 9.85. The number of ether oxygens (including phenoxy) is 1. The largest absolute Gasteiger partial charge is 0.377 e. The van der Waals surface area contributed by atoms with Crippen LogP contribution in [0.25, 0.3) is 0 Å². The third-order valence-electron chi connectivity index (χ3n) is 2.99. The molecule has 1 aromatic rings. The van der Waals surface area contributed by atoms with Crippen molar-refractivity contribution in [1.82, 2.24) is 0 Å². The van der Waals surface area contributed by atoms with Crippen molar-refractivity contribution in [2.75, 3.05) is 6.61 Å². The smallest absolute Gasteiger partial charge is 0.100 e. The van der Waals surface area contributed by atoms with Crippen molar-refractivity contribution in [2.45, 2.75) is 36.1 Å². The molecule has 1 fully saturated rings. The van der Waals surface area contributed by atoms with Gasteiger partial charge in [-0.2, -0.15) is 5.26 Å². The van der Waals surface area contributed by atoms with E-state index in [9.17, 15) is 0 Å². The number of hydrogen-bond acceptors (Lipinski definition) is 4. The zero-order chi connectivity index (χ0) is 12.3. The second-order valence-electron chi connectivity index (χ2n) is 4.17. The molecule has 0 saturated carbocycles. The van der Waals surface area contributed by atoms with Crippen molar-refractivity contribution in [3.8, 4) is 6.07 Å². The van der Waals surface area contributed by atoms with Crippen molar-refractivity contribution in [3.63, 3.8) is 0 Å². The normalized spacial score (nSPS) is 23.6. The Morgan fingerprint density at radius 2 is 2.41 bits per heavy atom. The van der Waals surface area contributed by atoms with E-state index in [-0.39, 0.29) is 6.10 Å². The lowest BCUT2D eigenvalue weighted by molar-refractivity contribution is 0.127. The van der Waals surface area contributed by atoms with E-state index < -0.39 is 0 Å². The Labute approximate surface area is 106 Å². The van der Waals surface area contributed by atoms with Gasteiger partial charge in [0.25, 0.3) is 0 Å². The van der Waals surface area contributed by atoms with Crippen LogP contribution in [0.2, 0.25) is 0 Å². The Hall–Kier alpha value is -1.02. The molecule has 0 spiro atoms. The topological polar surface area (TPSA) is 59.0 Å². The van der Waals surface area contributed by atoms with E-state index in [1.54, 1.807) is 11.8 Å². The summed E-state index contributed by atoms with van der Waals surface area (Å²) in [7, 11) is 0. The fourth-order valence-electron chi connectivity index (χ4n) is 1.92. The summed E-state index contributed by atoms with van der Waals surface area (Å²) in [4.78, 5) is 1.03. The maximum absolute atomic E-state index is 9.14. The van der Waals surface area contributed by atoms with Crippen molar-refractivity contribution in [2.24, 2.45) is 5.73 Å². The summed E-state index contributed by atoms with van der Waals surface area (Å²) in [5, 5.41) is 9.59. The molecule has 0 bridgehead atoms. The molecule has 17 heavy (non-hydrogen) atoms. The molecule has 3 nitrogen and oxygen atoms in total. The standard InChI is InChI=1S/C13H16N2OS/c1-9-12(4-5-16-9)17-13-3-2-10(7-14)6-11(13)8-15/h2-3,6,9,12H,4-5,7,14H2,1H3. The first kappa shape index (κ1) is 12.4. The van der Waals surface area contributed by atoms with Crippen molar-refractivity contribution >= 4 is 11.8 Å². The van der Waals surface area contributed by atoms with Crippen molar-refractivity contribution in [3.05, 3.63) is 29.3 Å². The molecule has 1 heterocycles. The third kappa shape index (κ3) is 2.81. The van der Waals surface area contributed by atoms with Crippen LogP contribution in [0.15, 0.2) is 23.1 Å². The number of hydrogen-bond donors (Lipinski definition) is 1. The minimum Gasteiger partial charge on any atom is -0.377 e. The number of nitrogens with zero attached hydrogens (tertiary/aromatic N) is 1. The minimum absolute atomic E-state index is 0.265. The van der Waals surface area contributed by atoms with Gasteiger partial charge in [-0.1, -0.05) is 6.07 Å². The highest BCUT2D eigenvalue weighted by Gasteiger charge is 2.25. The lowest BCUT2D eigenvalue weighted by Gasteiger charge is -2.14. The highest BCUT2D eigenvalue weighted by atomic mass is 32.2. The number of benzene rings is 1. The van der Waals surface area contributed by atoms with Gasteiger partial charge < -0.3 is 10.5 Å². The van der Waals surface area contributed by atoms with Gasteiger partial charge in [-0.15, -0.1) is 11.8 Å². The molecule has 1 saturated heterocycles. The van der Waals surface area contributed by atoms with E-state index in [0.717, 1.165) is 29.1 Å². The molecule has 0 radical (unpaired) electrons. The molecule has 4 heteroatoms. The summed E-state index contributed by atoms with van der Waals surface area (Å²) in [5.74, 6) is 0. The SMILES string of the molecule is CC1OCCC1Sc1ccc(CN)cc1C#N. The van der Waals surface area contributed by atoms with Gasteiger partial charge in [0.05, 0.1) is 11.7 Å². The predicted octanol–water partition coefficient (Wildman–Crippen LogP) is 2.29. The molecule has 2 unspecified atom stereocenters. The fraction of sp³-hybridized carbons (Fsp3) is 0.462. The van der Waals surface area contributed by atoms with Gasteiger partial charge in [0.1, 0.15) is 6.07 Å². The monoisotopic (exact) mass is 248 g/mol. The van der Waals surface area contributed by atoms with Gasteiger partial charge >= 0.3 is 0 Å². The molecule has 1 aliphatic heterocycles. The summed E-state index contributed by atoms with van der Waals surface area (Å²) in [6, 6.07) is 8.11. The van der Waals surface area contributed by atoms with Gasteiger partial charge in [0.2, 0.25) is 0 Å². The summed E-state index contributed by atoms with van der Waals surface area (Å²) in [5.41, 5.74) is 7.29. The average molecular weight is 248 g/mol. The van der Waals surface area contributed by atoms with Crippen LogP contribution in [0.1, 0.15) is 24.5 Å². The van der Waals surface area contributed by atoms with Gasteiger partial charge in [-0.25, -0.2) is 0 Å². The van der Waals surface area contributed by atoms with Crippen LogP contribution >= 0.6 is 11.8 Å². The van der Waals surface area contributed by atoms with Crippen molar-refractivity contribution < 1.29 is 4.74 Å². The van der Waals surface area contributed by atoms with Crippen LogP contribution in [0.5, 0.6) is 0 Å². The molecular weight excluding hydrogens is 232 g/mol. The quantitative estimate of drug-likeness (QED) is 0.891. The van der Waals surface area contributed by atoms with Crippen LogP contribution in [-0.4, -0.2) is 18.0 Å². The lowest BCUT2D eigenvalue weighted by atomic mass is 10.1. The molecule has 1 aromatic carbocycles. The maximum Gasteiger partial charge on any atom is 0.100 e. The van der Waals surface area contributed by atoms with Crippen LogP contribution in [-0.2, 0) is 11.3 Å². The fourth-order valence-corrected chi connectivity index (χ4v) is 3.11. The van der Waals surface area contributed by atoms with Gasteiger partial charge in [-0.05, 0) is 31.0 Å². The van der Waals surface area contributed by atoms with Crippen molar-refractivity contribution in [1.29, 1.82) is 5.26 Å². The summed E-state index contributed by atoms with van der Waals surface area (Å²) >= 11 is 1.74. The van der Waals surface area contributed by atoms with Gasteiger partial charge in [-0.3, -0.25) is 0 Å². The van der Waals surface area contributed by atoms with E-state index in [2.05, 4.69) is 13.0 Å². The Bertz CT molecular complexity index is 442. The molecule has 0 aromatic heterocycles. The first-order chi connectivity index (χ1) is 8.24. The molecule has 0 aliphatic carbocycles. The predicted molar refractivity (Wildman–Crippen MR) is 68.7 cm³/mol. The molecule has 2 atom stereocenters. The highest BCUT2D eigenvalue weighted by molar-refractivity contribution is 8.00. The summed E-state index contributed by atoms with van der Waals surface area (Å²) in [6.07, 6.45) is 1.32. The summed E-state index contributed by atoms with van der Waals surface area (Å²) in [6.45, 7) is 3.38. The molecular formula is C13H16N2OS. The number of rotatable bonds is 3. The molecule has 2 rings (SSSR count). The second-order valence-corrected chi connectivity index (χ2v) is 5.45. The average Bonchev–Trinajstić information content (AvgIpc) is 2.75. The first-order valence-corrected chi connectivity index (χ1v) is 6.64. The first-order valence-electron chi connectivity index (χ1n) is 5.76. The molecule has 1 aliphatic rings. The van der Waals surface area contributed by atoms with Crippen LogP contribution in [0.3, 0.4) is 0 Å². The van der Waals surface area contributed by atoms with E-state index in [4.69, 9.17) is 15.7 Å². The minimum atomic E-state index is 0.265. The second kappa shape index (κ2) is 5.54. The van der Waals surface area contributed by atoms with E-state index in [1.807, 2.05) is 18.2 Å².